The van der Waals surface area contributed by atoms with Gasteiger partial charge in [0.25, 0.3) is 5.91 Å². The second-order valence-corrected chi connectivity index (χ2v) is 6.85. The summed E-state index contributed by atoms with van der Waals surface area (Å²) in [6, 6.07) is 3.88. The highest BCUT2D eigenvalue weighted by Gasteiger charge is 2.28. The van der Waals surface area contributed by atoms with Gasteiger partial charge in [-0.1, -0.05) is 20.3 Å². The number of nitrogens with two attached hydrogens (primary N) is 1. The van der Waals surface area contributed by atoms with E-state index in [0.717, 1.165) is 19.6 Å². The van der Waals surface area contributed by atoms with Crippen LogP contribution >= 0.6 is 11.3 Å². The van der Waals surface area contributed by atoms with Gasteiger partial charge in [0.05, 0.1) is 4.88 Å². The predicted octanol–water partition coefficient (Wildman–Crippen LogP) is 2.36. The van der Waals surface area contributed by atoms with E-state index in [0.29, 0.717) is 10.3 Å². The minimum absolute atomic E-state index is 0.201. The Labute approximate surface area is 118 Å². The molecule has 0 saturated carbocycles. The minimum atomic E-state index is -0.201. The quantitative estimate of drug-likeness (QED) is 0.506. The van der Waals surface area contributed by atoms with Crippen LogP contribution < -0.4 is 11.3 Å². The molecule has 0 aromatic carbocycles. The highest BCUT2D eigenvalue weighted by Crippen LogP contribution is 2.34. The second kappa shape index (κ2) is 6.03. The van der Waals surface area contributed by atoms with Crippen molar-refractivity contribution in [1.82, 2.24) is 10.3 Å². The molecule has 0 bridgehead atoms. The first-order valence-electron chi connectivity index (χ1n) is 6.88. The van der Waals surface area contributed by atoms with Crippen LogP contribution in [0.4, 0.5) is 0 Å². The topological polar surface area (TPSA) is 58.4 Å². The van der Waals surface area contributed by atoms with E-state index in [4.69, 9.17) is 5.84 Å². The van der Waals surface area contributed by atoms with Crippen LogP contribution in [0.3, 0.4) is 0 Å². The summed E-state index contributed by atoms with van der Waals surface area (Å²) in [7, 11) is 0. The smallest absolute Gasteiger partial charge is 0.275 e. The molecule has 1 aromatic rings. The van der Waals surface area contributed by atoms with Gasteiger partial charge in [0, 0.05) is 11.4 Å². The fourth-order valence-electron chi connectivity index (χ4n) is 2.48. The SMILES string of the molecule is CCC1(C)CCN(Cc2ccc(C(=O)NN)s2)CC1. The molecule has 1 aromatic heterocycles. The van der Waals surface area contributed by atoms with Crippen LogP contribution in [0.25, 0.3) is 0 Å². The lowest BCUT2D eigenvalue weighted by molar-refractivity contribution is 0.0957. The van der Waals surface area contributed by atoms with Gasteiger partial charge in [-0.05, 0) is 43.5 Å². The van der Waals surface area contributed by atoms with Crippen molar-refractivity contribution >= 4 is 17.2 Å². The van der Waals surface area contributed by atoms with Crippen LogP contribution in [0.2, 0.25) is 0 Å². The fraction of sp³-hybridized carbons (Fsp3) is 0.643. The van der Waals surface area contributed by atoms with Crippen LogP contribution in [0.15, 0.2) is 12.1 Å². The highest BCUT2D eigenvalue weighted by molar-refractivity contribution is 7.14. The van der Waals surface area contributed by atoms with Gasteiger partial charge in [-0.2, -0.15) is 0 Å². The molecule has 1 aliphatic rings. The van der Waals surface area contributed by atoms with Crippen molar-refractivity contribution in [2.75, 3.05) is 13.1 Å². The maximum Gasteiger partial charge on any atom is 0.275 e. The lowest BCUT2D eigenvalue weighted by atomic mass is 9.78. The molecule has 19 heavy (non-hydrogen) atoms. The zero-order chi connectivity index (χ0) is 13.9. The molecule has 1 fully saturated rings. The Hall–Kier alpha value is -0.910. The predicted molar refractivity (Wildman–Crippen MR) is 78.9 cm³/mol. The van der Waals surface area contributed by atoms with Crippen molar-refractivity contribution in [3.05, 3.63) is 21.9 Å². The summed E-state index contributed by atoms with van der Waals surface area (Å²) in [4.78, 5) is 15.8. The van der Waals surface area contributed by atoms with Gasteiger partial charge in [-0.15, -0.1) is 11.3 Å². The van der Waals surface area contributed by atoms with E-state index in [1.165, 1.54) is 35.5 Å². The molecule has 1 amide bonds. The summed E-state index contributed by atoms with van der Waals surface area (Å²) < 4.78 is 0. The molecule has 0 atom stereocenters. The fourth-order valence-corrected chi connectivity index (χ4v) is 3.43. The zero-order valence-electron chi connectivity index (χ0n) is 11.7. The van der Waals surface area contributed by atoms with Gasteiger partial charge in [0.1, 0.15) is 0 Å². The summed E-state index contributed by atoms with van der Waals surface area (Å²) in [5.74, 6) is 4.94. The molecule has 1 saturated heterocycles. The normalized spacial score (nSPS) is 19.3. The summed E-state index contributed by atoms with van der Waals surface area (Å²) in [5.41, 5.74) is 2.70. The molecule has 0 spiro atoms. The number of piperidine rings is 1. The van der Waals surface area contributed by atoms with Gasteiger partial charge >= 0.3 is 0 Å². The van der Waals surface area contributed by atoms with Crippen LogP contribution in [-0.4, -0.2) is 23.9 Å². The van der Waals surface area contributed by atoms with Crippen molar-refractivity contribution < 1.29 is 4.79 Å². The summed E-state index contributed by atoms with van der Waals surface area (Å²) in [6.45, 7) is 7.93. The Morgan fingerprint density at radius 1 is 1.47 bits per heavy atom. The first-order chi connectivity index (χ1) is 9.06. The molecule has 0 radical (unpaired) electrons. The first-order valence-corrected chi connectivity index (χ1v) is 7.70. The maximum absolute atomic E-state index is 11.4. The molecular weight excluding hydrogens is 258 g/mol. The molecule has 2 rings (SSSR count). The monoisotopic (exact) mass is 281 g/mol. The highest BCUT2D eigenvalue weighted by atomic mass is 32.1. The number of nitrogens with one attached hydrogen (secondary N) is 1. The Morgan fingerprint density at radius 3 is 2.74 bits per heavy atom. The number of likely N-dealkylation sites (tertiary alicyclic amines) is 1. The van der Waals surface area contributed by atoms with Gasteiger partial charge in [-0.25, -0.2) is 5.84 Å². The summed E-state index contributed by atoms with van der Waals surface area (Å²) in [6.07, 6.45) is 3.80. The minimum Gasteiger partial charge on any atom is -0.298 e. The number of rotatable bonds is 4. The molecule has 0 unspecified atom stereocenters. The first kappa shape index (κ1) is 14.5. The molecule has 0 aliphatic carbocycles. The largest absolute Gasteiger partial charge is 0.298 e. The standard InChI is InChI=1S/C14H23N3OS/c1-3-14(2)6-8-17(9-7-14)10-11-4-5-12(19-11)13(18)16-15/h4-5H,3,6-10,15H2,1-2H3,(H,16,18). The molecule has 106 valence electrons. The van der Waals surface area contributed by atoms with Crippen molar-refractivity contribution in [3.63, 3.8) is 0 Å². The second-order valence-electron chi connectivity index (χ2n) is 5.68. The molecule has 1 aliphatic heterocycles. The number of nitrogens with zero attached hydrogens (tertiary/aromatic N) is 1. The number of thiophene rings is 1. The third kappa shape index (κ3) is 3.55. The maximum atomic E-state index is 11.4. The Kier molecular flexibility index (Phi) is 4.60. The zero-order valence-corrected chi connectivity index (χ0v) is 12.6. The summed E-state index contributed by atoms with van der Waals surface area (Å²) in [5, 5.41) is 0. The molecule has 4 nitrogen and oxygen atoms in total. The van der Waals surface area contributed by atoms with Gasteiger partial charge in [-0.3, -0.25) is 15.1 Å². The van der Waals surface area contributed by atoms with E-state index in [2.05, 4.69) is 24.2 Å². The van der Waals surface area contributed by atoms with Gasteiger partial charge in [0.15, 0.2) is 0 Å². The van der Waals surface area contributed by atoms with Crippen molar-refractivity contribution in [2.45, 2.75) is 39.7 Å². The molecule has 2 heterocycles. The Balaban J connectivity index is 1.89. The van der Waals surface area contributed by atoms with E-state index in [1.807, 2.05) is 12.1 Å². The van der Waals surface area contributed by atoms with E-state index < -0.39 is 0 Å². The van der Waals surface area contributed by atoms with Crippen LogP contribution in [0.1, 0.15) is 47.7 Å². The number of hydrazine groups is 1. The number of carbonyl (C=O) groups is 1. The number of hydrogen-bond donors (Lipinski definition) is 2. The van der Waals surface area contributed by atoms with E-state index in [9.17, 15) is 4.79 Å². The van der Waals surface area contributed by atoms with Crippen LogP contribution in [0.5, 0.6) is 0 Å². The van der Waals surface area contributed by atoms with E-state index >= 15 is 0 Å². The number of carbonyl (C=O) groups excluding carboxylic acids is 1. The average molecular weight is 281 g/mol. The van der Waals surface area contributed by atoms with Gasteiger partial charge in [0.2, 0.25) is 0 Å². The Morgan fingerprint density at radius 2 is 2.16 bits per heavy atom. The Bertz CT molecular complexity index is 436. The lowest BCUT2D eigenvalue weighted by Gasteiger charge is -2.38. The van der Waals surface area contributed by atoms with Crippen molar-refractivity contribution in [1.29, 1.82) is 0 Å². The third-order valence-electron chi connectivity index (χ3n) is 4.31. The van der Waals surface area contributed by atoms with E-state index in [1.54, 1.807) is 0 Å². The van der Waals surface area contributed by atoms with Crippen molar-refractivity contribution in [3.8, 4) is 0 Å². The molecule has 3 N–H and O–H groups in total. The average Bonchev–Trinajstić information content (AvgIpc) is 2.89. The lowest BCUT2D eigenvalue weighted by Crippen LogP contribution is -2.37. The third-order valence-corrected chi connectivity index (χ3v) is 5.38. The van der Waals surface area contributed by atoms with Gasteiger partial charge < -0.3 is 0 Å². The van der Waals surface area contributed by atoms with Crippen LogP contribution in [0, 0.1) is 5.41 Å². The molecule has 5 heteroatoms. The van der Waals surface area contributed by atoms with Crippen molar-refractivity contribution in [2.24, 2.45) is 11.3 Å². The number of nitrogen functional groups attached to an aromatic ring is 1. The van der Waals surface area contributed by atoms with Crippen LogP contribution in [-0.2, 0) is 6.54 Å². The molecular formula is C14H23N3OS. The van der Waals surface area contributed by atoms with E-state index in [-0.39, 0.29) is 5.91 Å². The summed E-state index contributed by atoms with van der Waals surface area (Å²) >= 11 is 1.53. The number of hydrogen-bond acceptors (Lipinski definition) is 4. The number of amides is 1.